The average Bonchev–Trinajstić information content (AvgIpc) is 3.12. The smallest absolute Gasteiger partial charge is 0.241 e. The number of likely N-dealkylation sites (tertiary alicyclic amines) is 1. The summed E-state index contributed by atoms with van der Waals surface area (Å²) in [6.45, 7) is 3.56. The number of thioether (sulfide) groups is 1. The summed E-state index contributed by atoms with van der Waals surface area (Å²) in [6.07, 6.45) is 2.10. The Balaban J connectivity index is 1.52. The average molecular weight is 344 g/mol. The van der Waals surface area contributed by atoms with Gasteiger partial charge in [-0.2, -0.15) is 0 Å². The van der Waals surface area contributed by atoms with Gasteiger partial charge in [0, 0.05) is 13.1 Å². The highest BCUT2D eigenvalue weighted by atomic mass is 32.2. The first-order valence-corrected chi connectivity index (χ1v) is 9.03. The minimum absolute atomic E-state index is 0.00692. The molecule has 7 heteroatoms. The van der Waals surface area contributed by atoms with Crippen LogP contribution in [0.3, 0.4) is 0 Å². The first-order valence-electron chi connectivity index (χ1n) is 8.04. The molecule has 6 nitrogen and oxygen atoms in total. The number of carbonyl (C=O) groups excluding carboxylic acids is 2. The van der Waals surface area contributed by atoms with Gasteiger partial charge < -0.3 is 10.2 Å². The number of aryl methyl sites for hydroxylation is 1. The van der Waals surface area contributed by atoms with Crippen LogP contribution >= 0.6 is 11.8 Å². The Bertz CT molecular complexity index is 759. The van der Waals surface area contributed by atoms with Crippen molar-refractivity contribution in [3.8, 4) is 0 Å². The Morgan fingerprint density at radius 3 is 2.54 bits per heavy atom. The van der Waals surface area contributed by atoms with Gasteiger partial charge in [-0.05, 0) is 31.9 Å². The lowest BCUT2D eigenvalue weighted by atomic mass is 10.3. The number of nitrogens with one attached hydrogen (secondary N) is 1. The topological polar surface area (TPSA) is 75.2 Å². The number of nitrogens with zero attached hydrogens (tertiary/aromatic N) is 3. The third kappa shape index (κ3) is 4.03. The van der Waals surface area contributed by atoms with Crippen LogP contribution in [0.1, 0.15) is 18.5 Å². The Kier molecular flexibility index (Phi) is 5.30. The van der Waals surface area contributed by atoms with Crippen molar-refractivity contribution in [2.24, 2.45) is 0 Å². The van der Waals surface area contributed by atoms with Gasteiger partial charge in [0.2, 0.25) is 11.8 Å². The van der Waals surface area contributed by atoms with Gasteiger partial charge >= 0.3 is 0 Å². The number of fused-ring (bicyclic) bond motifs is 1. The van der Waals surface area contributed by atoms with Crippen LogP contribution in [0.15, 0.2) is 29.3 Å². The molecule has 1 aliphatic rings. The molecule has 1 fully saturated rings. The van der Waals surface area contributed by atoms with E-state index >= 15 is 0 Å². The first kappa shape index (κ1) is 16.7. The van der Waals surface area contributed by atoms with Crippen LogP contribution in [0.4, 0.5) is 0 Å². The highest BCUT2D eigenvalue weighted by Crippen LogP contribution is 2.21. The predicted octanol–water partition coefficient (Wildman–Crippen LogP) is 1.77. The van der Waals surface area contributed by atoms with E-state index in [2.05, 4.69) is 15.3 Å². The SMILES string of the molecule is Cc1nc2ccccc2nc1SCC(=O)NCC(=O)N1CCCC1. The normalized spacial score (nSPS) is 14.1. The van der Waals surface area contributed by atoms with Crippen molar-refractivity contribution in [3.63, 3.8) is 0 Å². The molecule has 0 unspecified atom stereocenters. The lowest BCUT2D eigenvalue weighted by Gasteiger charge is -2.15. The zero-order chi connectivity index (χ0) is 16.9. The van der Waals surface area contributed by atoms with E-state index < -0.39 is 0 Å². The molecule has 1 saturated heterocycles. The van der Waals surface area contributed by atoms with E-state index in [-0.39, 0.29) is 24.1 Å². The molecule has 126 valence electrons. The van der Waals surface area contributed by atoms with Crippen LogP contribution in [0.25, 0.3) is 11.0 Å². The van der Waals surface area contributed by atoms with E-state index in [4.69, 9.17) is 0 Å². The Labute approximate surface area is 145 Å². The number of aromatic nitrogens is 2. The second kappa shape index (κ2) is 7.61. The van der Waals surface area contributed by atoms with E-state index in [1.807, 2.05) is 31.2 Å². The molecule has 3 rings (SSSR count). The summed E-state index contributed by atoms with van der Waals surface area (Å²) in [5.41, 5.74) is 2.47. The third-order valence-electron chi connectivity index (χ3n) is 3.94. The van der Waals surface area contributed by atoms with Crippen molar-refractivity contribution >= 4 is 34.6 Å². The summed E-state index contributed by atoms with van der Waals surface area (Å²) in [5, 5.41) is 3.43. The van der Waals surface area contributed by atoms with E-state index in [9.17, 15) is 9.59 Å². The lowest BCUT2D eigenvalue weighted by Crippen LogP contribution is -2.39. The van der Waals surface area contributed by atoms with E-state index in [1.165, 1.54) is 11.8 Å². The lowest BCUT2D eigenvalue weighted by molar-refractivity contribution is -0.131. The number of carbonyl (C=O) groups is 2. The van der Waals surface area contributed by atoms with Crippen molar-refractivity contribution in [3.05, 3.63) is 30.0 Å². The summed E-state index contributed by atoms with van der Waals surface area (Å²) in [4.78, 5) is 34.7. The van der Waals surface area contributed by atoms with Crippen molar-refractivity contribution < 1.29 is 9.59 Å². The van der Waals surface area contributed by atoms with Gasteiger partial charge in [0.1, 0.15) is 5.03 Å². The van der Waals surface area contributed by atoms with Crippen LogP contribution in [0.2, 0.25) is 0 Å². The Morgan fingerprint density at radius 2 is 1.83 bits per heavy atom. The number of rotatable bonds is 5. The zero-order valence-electron chi connectivity index (χ0n) is 13.6. The number of amides is 2. The molecule has 1 aromatic carbocycles. The fraction of sp³-hybridized carbons (Fsp3) is 0.412. The third-order valence-corrected chi connectivity index (χ3v) is 5.00. The van der Waals surface area contributed by atoms with Crippen molar-refractivity contribution in [1.82, 2.24) is 20.2 Å². The van der Waals surface area contributed by atoms with Gasteiger partial charge in [-0.3, -0.25) is 9.59 Å². The number of para-hydroxylation sites is 2. The molecule has 1 aromatic heterocycles. The Hall–Kier alpha value is -2.15. The summed E-state index contributed by atoms with van der Waals surface area (Å²) < 4.78 is 0. The minimum Gasteiger partial charge on any atom is -0.346 e. The molecule has 1 aliphatic heterocycles. The minimum atomic E-state index is -0.165. The highest BCUT2D eigenvalue weighted by Gasteiger charge is 2.18. The van der Waals surface area contributed by atoms with Crippen molar-refractivity contribution in [1.29, 1.82) is 0 Å². The fourth-order valence-electron chi connectivity index (χ4n) is 2.65. The van der Waals surface area contributed by atoms with Crippen LogP contribution in [0, 0.1) is 6.92 Å². The first-order chi connectivity index (χ1) is 11.6. The van der Waals surface area contributed by atoms with Crippen LogP contribution in [0.5, 0.6) is 0 Å². The molecule has 2 amide bonds. The molecule has 0 saturated carbocycles. The fourth-order valence-corrected chi connectivity index (χ4v) is 3.43. The van der Waals surface area contributed by atoms with E-state index in [1.54, 1.807) is 4.90 Å². The molecule has 0 spiro atoms. The van der Waals surface area contributed by atoms with Crippen LogP contribution in [-0.2, 0) is 9.59 Å². The molecular formula is C17H20N4O2S. The maximum absolute atomic E-state index is 12.0. The summed E-state index contributed by atoms with van der Waals surface area (Å²) in [5.74, 6) is 0.0515. The van der Waals surface area contributed by atoms with Gasteiger partial charge in [-0.1, -0.05) is 23.9 Å². The van der Waals surface area contributed by atoms with Crippen molar-refractivity contribution in [2.75, 3.05) is 25.4 Å². The number of benzene rings is 1. The molecule has 2 heterocycles. The molecule has 0 radical (unpaired) electrons. The van der Waals surface area contributed by atoms with Crippen molar-refractivity contribution in [2.45, 2.75) is 24.8 Å². The van der Waals surface area contributed by atoms with Gasteiger partial charge in [0.05, 0.1) is 29.0 Å². The van der Waals surface area contributed by atoms with E-state index in [0.717, 1.165) is 47.7 Å². The molecule has 0 atom stereocenters. The van der Waals surface area contributed by atoms with Crippen LogP contribution in [-0.4, -0.2) is 52.1 Å². The summed E-state index contributed by atoms with van der Waals surface area (Å²) in [7, 11) is 0. The van der Waals surface area contributed by atoms with Gasteiger partial charge in [0.15, 0.2) is 0 Å². The second-order valence-corrected chi connectivity index (χ2v) is 6.72. The summed E-state index contributed by atoms with van der Waals surface area (Å²) >= 11 is 1.34. The predicted molar refractivity (Wildman–Crippen MR) is 93.8 cm³/mol. The monoisotopic (exact) mass is 344 g/mol. The standard InChI is InChI=1S/C17H20N4O2S/c1-12-17(20-14-7-3-2-6-13(14)19-12)24-11-15(22)18-10-16(23)21-8-4-5-9-21/h2-3,6-7H,4-5,8-11H2,1H3,(H,18,22). The maximum Gasteiger partial charge on any atom is 0.241 e. The van der Waals surface area contributed by atoms with Gasteiger partial charge in [-0.25, -0.2) is 9.97 Å². The molecular weight excluding hydrogens is 324 g/mol. The van der Waals surface area contributed by atoms with Gasteiger partial charge in [-0.15, -0.1) is 0 Å². The zero-order valence-corrected chi connectivity index (χ0v) is 14.4. The summed E-state index contributed by atoms with van der Waals surface area (Å²) in [6, 6.07) is 7.66. The molecule has 1 N–H and O–H groups in total. The molecule has 2 aromatic rings. The molecule has 0 bridgehead atoms. The second-order valence-electron chi connectivity index (χ2n) is 5.76. The number of hydrogen-bond acceptors (Lipinski definition) is 5. The quantitative estimate of drug-likeness (QED) is 0.837. The largest absolute Gasteiger partial charge is 0.346 e. The maximum atomic E-state index is 12.0. The highest BCUT2D eigenvalue weighted by molar-refractivity contribution is 7.99. The number of hydrogen-bond donors (Lipinski definition) is 1. The van der Waals surface area contributed by atoms with E-state index in [0.29, 0.717) is 0 Å². The molecule has 24 heavy (non-hydrogen) atoms. The molecule has 0 aliphatic carbocycles. The van der Waals surface area contributed by atoms with Crippen LogP contribution < -0.4 is 5.32 Å². The van der Waals surface area contributed by atoms with Gasteiger partial charge in [0.25, 0.3) is 0 Å². The Morgan fingerprint density at radius 1 is 1.17 bits per heavy atom.